The number of aliphatic carboxylic acids is 1. The number of aromatic nitrogens is 1. The van der Waals surface area contributed by atoms with Gasteiger partial charge >= 0.3 is 12.1 Å². The second-order valence-corrected chi connectivity index (χ2v) is 8.76. The first kappa shape index (κ1) is 23.4. The fraction of sp³-hybridized carbons (Fsp3) is 0.250. The number of ether oxygens (including phenoxy) is 1. The Morgan fingerprint density at radius 2 is 1.71 bits per heavy atom. The lowest BCUT2D eigenvalue weighted by molar-refractivity contribution is -0.137. The summed E-state index contributed by atoms with van der Waals surface area (Å²) in [5.41, 5.74) is 4.53. The minimum atomic E-state index is -1.18. The standard InChI is InChI=1S/C24H23N3O6S/c28-10-9-27(13-22(29)30)23(31)20-11-25-21(34-20)12-26-24(32)33-14-19-17-7-3-1-5-15(17)16-6-2-4-8-18(16)19/h1-8,11,19,28H,9-10,12-14H2,(H,26,32)(H,29,30). The van der Waals surface area contributed by atoms with Crippen molar-refractivity contribution >= 4 is 29.3 Å². The van der Waals surface area contributed by atoms with E-state index in [0.29, 0.717) is 5.01 Å². The van der Waals surface area contributed by atoms with Crippen LogP contribution in [0.15, 0.2) is 54.7 Å². The average Bonchev–Trinajstić information content (AvgIpc) is 3.43. The summed E-state index contributed by atoms with van der Waals surface area (Å²) in [5, 5.41) is 21.1. The van der Waals surface area contributed by atoms with Gasteiger partial charge in [-0.3, -0.25) is 9.59 Å². The van der Waals surface area contributed by atoms with Crippen LogP contribution in [0.4, 0.5) is 4.79 Å². The number of amides is 2. The Morgan fingerprint density at radius 1 is 1.06 bits per heavy atom. The molecule has 1 heterocycles. The van der Waals surface area contributed by atoms with E-state index in [-0.39, 0.29) is 37.1 Å². The molecule has 4 rings (SSSR count). The molecule has 0 aliphatic heterocycles. The fourth-order valence-electron chi connectivity index (χ4n) is 3.98. The number of nitrogens with one attached hydrogen (secondary N) is 1. The number of benzene rings is 2. The SMILES string of the molecule is O=C(O)CN(CCO)C(=O)c1cnc(CNC(=O)OCC2c3ccccc3-c3ccccc32)s1. The normalized spacial score (nSPS) is 12.0. The van der Waals surface area contributed by atoms with E-state index >= 15 is 0 Å². The highest BCUT2D eigenvalue weighted by Crippen LogP contribution is 2.44. The van der Waals surface area contributed by atoms with Gasteiger partial charge in [0.1, 0.15) is 23.0 Å². The van der Waals surface area contributed by atoms with Crippen molar-refractivity contribution in [1.29, 1.82) is 0 Å². The second kappa shape index (κ2) is 10.4. The van der Waals surface area contributed by atoms with E-state index < -0.39 is 24.5 Å². The third-order valence-electron chi connectivity index (χ3n) is 5.48. The molecule has 0 spiro atoms. The highest BCUT2D eigenvalue weighted by molar-refractivity contribution is 7.13. The monoisotopic (exact) mass is 481 g/mol. The Bertz CT molecular complexity index is 1170. The van der Waals surface area contributed by atoms with Crippen molar-refractivity contribution in [3.63, 3.8) is 0 Å². The van der Waals surface area contributed by atoms with E-state index in [1.165, 1.54) is 6.20 Å². The van der Waals surface area contributed by atoms with Crippen LogP contribution in [0.5, 0.6) is 0 Å². The van der Waals surface area contributed by atoms with Gasteiger partial charge in [0.05, 0.1) is 19.3 Å². The molecule has 1 aromatic heterocycles. The first-order chi connectivity index (χ1) is 16.5. The summed E-state index contributed by atoms with van der Waals surface area (Å²) in [5.74, 6) is -1.77. The van der Waals surface area contributed by atoms with Crippen molar-refractivity contribution < 1.29 is 29.3 Å². The maximum absolute atomic E-state index is 12.5. The summed E-state index contributed by atoms with van der Waals surface area (Å²) in [6.07, 6.45) is 0.728. The quantitative estimate of drug-likeness (QED) is 0.429. The van der Waals surface area contributed by atoms with Gasteiger partial charge in [0.15, 0.2) is 0 Å². The number of carboxylic acid groups (broad SMARTS) is 1. The number of hydrogen-bond acceptors (Lipinski definition) is 7. The summed E-state index contributed by atoms with van der Waals surface area (Å²) >= 11 is 1.04. The smallest absolute Gasteiger partial charge is 0.407 e. The van der Waals surface area contributed by atoms with E-state index in [9.17, 15) is 14.4 Å². The van der Waals surface area contributed by atoms with Gasteiger partial charge in [0.25, 0.3) is 5.91 Å². The van der Waals surface area contributed by atoms with Crippen LogP contribution in [0.1, 0.15) is 31.7 Å². The second-order valence-electron chi connectivity index (χ2n) is 7.64. The molecule has 10 heteroatoms. The minimum absolute atomic E-state index is 0.0472. The Balaban J connectivity index is 1.33. The number of carbonyl (C=O) groups excluding carboxylic acids is 2. The molecule has 9 nitrogen and oxygen atoms in total. The number of fused-ring (bicyclic) bond motifs is 3. The number of rotatable bonds is 9. The fourth-order valence-corrected chi connectivity index (χ4v) is 4.81. The lowest BCUT2D eigenvalue weighted by atomic mass is 9.98. The predicted molar refractivity (Wildman–Crippen MR) is 125 cm³/mol. The molecule has 0 saturated carbocycles. The third-order valence-corrected chi connectivity index (χ3v) is 6.46. The summed E-state index contributed by atoms with van der Waals surface area (Å²) in [6, 6.07) is 16.1. The van der Waals surface area contributed by atoms with Gasteiger partial charge in [-0.2, -0.15) is 0 Å². The highest BCUT2D eigenvalue weighted by Gasteiger charge is 2.29. The summed E-state index contributed by atoms with van der Waals surface area (Å²) in [7, 11) is 0. The molecular formula is C24H23N3O6S. The van der Waals surface area contributed by atoms with Crippen LogP contribution in [-0.4, -0.2) is 64.4 Å². The van der Waals surface area contributed by atoms with Gasteiger partial charge in [0, 0.05) is 12.5 Å². The zero-order valence-electron chi connectivity index (χ0n) is 18.1. The van der Waals surface area contributed by atoms with Crippen LogP contribution >= 0.6 is 11.3 Å². The Morgan fingerprint density at radius 3 is 2.32 bits per heavy atom. The molecule has 0 fully saturated rings. The molecule has 1 aliphatic carbocycles. The lowest BCUT2D eigenvalue weighted by Gasteiger charge is -2.18. The number of aliphatic hydroxyl groups excluding tert-OH is 1. The number of carboxylic acids is 1. The Hall–Kier alpha value is -3.76. The van der Waals surface area contributed by atoms with Crippen LogP contribution in [0.3, 0.4) is 0 Å². The molecule has 0 atom stereocenters. The van der Waals surface area contributed by atoms with Gasteiger partial charge < -0.3 is 25.2 Å². The Kier molecular flexibility index (Phi) is 7.19. The molecule has 34 heavy (non-hydrogen) atoms. The van der Waals surface area contributed by atoms with E-state index in [4.69, 9.17) is 14.9 Å². The van der Waals surface area contributed by atoms with E-state index in [1.807, 2.05) is 36.4 Å². The summed E-state index contributed by atoms with van der Waals surface area (Å²) in [6.45, 7) is -0.727. The van der Waals surface area contributed by atoms with Crippen molar-refractivity contribution in [2.45, 2.75) is 12.5 Å². The number of aliphatic hydroxyl groups is 1. The molecule has 0 saturated heterocycles. The van der Waals surface area contributed by atoms with E-state index in [1.54, 1.807) is 0 Å². The first-order valence-corrected chi connectivity index (χ1v) is 11.4. The molecular weight excluding hydrogens is 458 g/mol. The largest absolute Gasteiger partial charge is 0.480 e. The van der Waals surface area contributed by atoms with Crippen LogP contribution in [-0.2, 0) is 16.1 Å². The van der Waals surface area contributed by atoms with Crippen molar-refractivity contribution in [1.82, 2.24) is 15.2 Å². The van der Waals surface area contributed by atoms with Crippen LogP contribution in [0.2, 0.25) is 0 Å². The Labute approximate surface area is 199 Å². The molecule has 1 aliphatic rings. The highest BCUT2D eigenvalue weighted by atomic mass is 32.1. The van der Waals surface area contributed by atoms with Crippen molar-refractivity contribution in [3.8, 4) is 11.1 Å². The van der Waals surface area contributed by atoms with Crippen LogP contribution < -0.4 is 5.32 Å². The van der Waals surface area contributed by atoms with Crippen molar-refractivity contribution in [2.24, 2.45) is 0 Å². The van der Waals surface area contributed by atoms with Gasteiger partial charge in [-0.15, -0.1) is 11.3 Å². The molecule has 3 aromatic rings. The van der Waals surface area contributed by atoms with Gasteiger partial charge in [0.2, 0.25) is 0 Å². The first-order valence-electron chi connectivity index (χ1n) is 10.6. The summed E-state index contributed by atoms with van der Waals surface area (Å²) < 4.78 is 5.49. The number of thiazole rings is 1. The van der Waals surface area contributed by atoms with Crippen molar-refractivity contribution in [3.05, 3.63) is 75.7 Å². The number of hydrogen-bond donors (Lipinski definition) is 3. The van der Waals surface area contributed by atoms with E-state index in [0.717, 1.165) is 38.5 Å². The predicted octanol–water partition coefficient (Wildman–Crippen LogP) is 2.70. The summed E-state index contributed by atoms with van der Waals surface area (Å²) in [4.78, 5) is 41.1. The van der Waals surface area contributed by atoms with Crippen LogP contribution in [0.25, 0.3) is 11.1 Å². The lowest BCUT2D eigenvalue weighted by Crippen LogP contribution is -2.37. The number of carbonyl (C=O) groups is 3. The molecule has 0 radical (unpaired) electrons. The third kappa shape index (κ3) is 5.08. The van der Waals surface area contributed by atoms with Gasteiger partial charge in [-0.1, -0.05) is 48.5 Å². The zero-order chi connectivity index (χ0) is 24.1. The minimum Gasteiger partial charge on any atom is -0.480 e. The number of alkyl carbamates (subject to hydrolysis) is 1. The van der Waals surface area contributed by atoms with E-state index in [2.05, 4.69) is 22.4 Å². The molecule has 2 aromatic carbocycles. The topological polar surface area (TPSA) is 129 Å². The molecule has 176 valence electrons. The molecule has 2 amide bonds. The molecule has 0 unspecified atom stereocenters. The van der Waals surface area contributed by atoms with Gasteiger partial charge in [-0.25, -0.2) is 9.78 Å². The van der Waals surface area contributed by atoms with Crippen LogP contribution in [0, 0.1) is 0 Å². The molecule has 0 bridgehead atoms. The molecule has 3 N–H and O–H groups in total. The average molecular weight is 482 g/mol. The zero-order valence-corrected chi connectivity index (χ0v) is 19.0. The van der Waals surface area contributed by atoms with Gasteiger partial charge in [-0.05, 0) is 22.3 Å². The number of nitrogens with zero attached hydrogens (tertiary/aromatic N) is 2. The maximum atomic E-state index is 12.5. The maximum Gasteiger partial charge on any atom is 0.407 e. The van der Waals surface area contributed by atoms with Crippen molar-refractivity contribution in [2.75, 3.05) is 26.3 Å².